The highest BCUT2D eigenvalue weighted by molar-refractivity contribution is 6.34. The van der Waals surface area contributed by atoms with Crippen LogP contribution in [0.5, 0.6) is 0 Å². The van der Waals surface area contributed by atoms with Crippen LogP contribution in [0.2, 0.25) is 5.02 Å². The fourth-order valence-corrected chi connectivity index (χ4v) is 2.71. The summed E-state index contributed by atoms with van der Waals surface area (Å²) in [5.41, 5.74) is 8.59. The Morgan fingerprint density at radius 1 is 1.28 bits per heavy atom. The number of halogens is 1. The Morgan fingerprint density at radius 2 is 2.06 bits per heavy atom. The van der Waals surface area contributed by atoms with Gasteiger partial charge in [0.15, 0.2) is 0 Å². The molecule has 1 saturated heterocycles. The average Bonchev–Trinajstić information content (AvgIpc) is 3.00. The Bertz CT molecular complexity index is 561. The lowest BCUT2D eigenvalue weighted by atomic mass is 10.1. The van der Waals surface area contributed by atoms with Crippen molar-refractivity contribution in [2.45, 2.75) is 12.8 Å². The topological polar surface area (TPSA) is 55.3 Å². The molecule has 94 valence electrons. The molecule has 3 rings (SSSR count). The normalized spacial score (nSPS) is 15.3. The van der Waals surface area contributed by atoms with Gasteiger partial charge in [-0.2, -0.15) is 0 Å². The average molecular weight is 264 g/mol. The number of nitrogen functional groups attached to an aromatic ring is 1. The predicted octanol–water partition coefficient (Wildman–Crippen LogP) is 3.18. The van der Waals surface area contributed by atoms with Crippen LogP contribution >= 0.6 is 11.6 Å². The second-order valence-electron chi connectivity index (χ2n) is 4.43. The molecule has 1 aliphatic rings. The van der Waals surface area contributed by atoms with E-state index in [1.807, 2.05) is 12.1 Å². The van der Waals surface area contributed by atoms with Crippen molar-refractivity contribution < 1.29 is 4.52 Å². The maximum Gasteiger partial charge on any atom is 0.230 e. The lowest BCUT2D eigenvalue weighted by Gasteiger charge is -2.21. The van der Waals surface area contributed by atoms with Crippen LogP contribution in [0.4, 0.5) is 11.6 Å². The standard InChI is InChI=1S/C13H14ClN3O/c14-10-4-3-5-11(17-6-1-2-7-17)12(10)9-8-16-18-13(9)15/h3-5,8H,1-2,6-7,15H2. The first-order valence-corrected chi connectivity index (χ1v) is 6.39. The second kappa shape index (κ2) is 4.53. The molecule has 18 heavy (non-hydrogen) atoms. The van der Waals surface area contributed by atoms with Gasteiger partial charge in [-0.1, -0.05) is 22.8 Å². The van der Waals surface area contributed by atoms with Gasteiger partial charge in [-0.15, -0.1) is 0 Å². The first kappa shape index (κ1) is 11.4. The highest BCUT2D eigenvalue weighted by atomic mass is 35.5. The van der Waals surface area contributed by atoms with Gasteiger partial charge < -0.3 is 15.2 Å². The molecular formula is C13H14ClN3O. The van der Waals surface area contributed by atoms with E-state index in [2.05, 4.69) is 16.1 Å². The number of anilines is 2. The minimum absolute atomic E-state index is 0.309. The lowest BCUT2D eigenvalue weighted by Crippen LogP contribution is -2.18. The number of nitrogens with zero attached hydrogens (tertiary/aromatic N) is 2. The van der Waals surface area contributed by atoms with Crippen LogP contribution in [0.1, 0.15) is 12.8 Å². The van der Waals surface area contributed by atoms with Crippen molar-refractivity contribution in [3.05, 3.63) is 29.4 Å². The van der Waals surface area contributed by atoms with Crippen molar-refractivity contribution in [2.75, 3.05) is 23.7 Å². The van der Waals surface area contributed by atoms with Gasteiger partial charge in [0.1, 0.15) is 0 Å². The minimum atomic E-state index is 0.309. The molecular weight excluding hydrogens is 250 g/mol. The summed E-state index contributed by atoms with van der Waals surface area (Å²) >= 11 is 6.32. The SMILES string of the molecule is Nc1oncc1-c1c(Cl)cccc1N1CCCC1. The molecule has 1 aliphatic heterocycles. The highest BCUT2D eigenvalue weighted by Crippen LogP contribution is 2.40. The van der Waals surface area contributed by atoms with E-state index in [9.17, 15) is 0 Å². The Hall–Kier alpha value is -1.68. The number of rotatable bonds is 2. The lowest BCUT2D eigenvalue weighted by molar-refractivity contribution is 0.436. The fourth-order valence-electron chi connectivity index (χ4n) is 2.44. The number of aromatic nitrogens is 1. The van der Waals surface area contributed by atoms with Crippen LogP contribution in [0.3, 0.4) is 0 Å². The Labute approximate surface area is 110 Å². The number of hydrogen-bond donors (Lipinski definition) is 1. The van der Waals surface area contributed by atoms with E-state index in [0.29, 0.717) is 10.9 Å². The quantitative estimate of drug-likeness (QED) is 0.904. The van der Waals surface area contributed by atoms with Gasteiger partial charge in [-0.25, -0.2) is 0 Å². The third-order valence-electron chi connectivity index (χ3n) is 3.31. The van der Waals surface area contributed by atoms with Gasteiger partial charge in [0.05, 0.1) is 16.8 Å². The fraction of sp³-hybridized carbons (Fsp3) is 0.308. The zero-order valence-corrected chi connectivity index (χ0v) is 10.7. The third-order valence-corrected chi connectivity index (χ3v) is 3.62. The van der Waals surface area contributed by atoms with Gasteiger partial charge in [-0.05, 0) is 25.0 Å². The first-order valence-electron chi connectivity index (χ1n) is 6.01. The summed E-state index contributed by atoms with van der Waals surface area (Å²) in [6, 6.07) is 5.89. The maximum atomic E-state index is 6.32. The van der Waals surface area contributed by atoms with Crippen LogP contribution in [-0.2, 0) is 0 Å². The summed E-state index contributed by atoms with van der Waals surface area (Å²) in [4.78, 5) is 2.33. The Balaban J connectivity index is 2.15. The second-order valence-corrected chi connectivity index (χ2v) is 4.84. The highest BCUT2D eigenvalue weighted by Gasteiger charge is 2.21. The summed E-state index contributed by atoms with van der Waals surface area (Å²) < 4.78 is 4.94. The molecule has 4 nitrogen and oxygen atoms in total. The zero-order valence-electron chi connectivity index (χ0n) is 9.90. The van der Waals surface area contributed by atoms with E-state index in [4.69, 9.17) is 21.9 Å². The smallest absolute Gasteiger partial charge is 0.230 e. The Morgan fingerprint density at radius 3 is 2.72 bits per heavy atom. The number of nitrogens with two attached hydrogens (primary N) is 1. The van der Waals surface area contributed by atoms with Crippen molar-refractivity contribution >= 4 is 23.2 Å². The molecule has 2 aromatic rings. The van der Waals surface area contributed by atoms with Crippen LogP contribution in [-0.4, -0.2) is 18.2 Å². The molecule has 0 atom stereocenters. The van der Waals surface area contributed by atoms with Crippen molar-refractivity contribution in [1.82, 2.24) is 5.16 Å². The monoisotopic (exact) mass is 263 g/mol. The molecule has 2 N–H and O–H groups in total. The van der Waals surface area contributed by atoms with Crippen LogP contribution in [0.25, 0.3) is 11.1 Å². The summed E-state index contributed by atoms with van der Waals surface area (Å²) in [7, 11) is 0. The van der Waals surface area contributed by atoms with E-state index in [-0.39, 0.29) is 0 Å². The molecule has 5 heteroatoms. The first-order chi connectivity index (χ1) is 8.77. The van der Waals surface area contributed by atoms with Gasteiger partial charge in [-0.3, -0.25) is 0 Å². The minimum Gasteiger partial charge on any atom is -0.371 e. The van der Waals surface area contributed by atoms with Crippen LogP contribution in [0, 0.1) is 0 Å². The molecule has 1 aromatic heterocycles. The van der Waals surface area contributed by atoms with Crippen molar-refractivity contribution in [2.24, 2.45) is 0 Å². The summed E-state index contributed by atoms with van der Waals surface area (Å²) in [6.45, 7) is 2.11. The Kier molecular flexibility index (Phi) is 2.88. The molecule has 1 aromatic carbocycles. The number of benzene rings is 1. The van der Waals surface area contributed by atoms with E-state index in [0.717, 1.165) is 29.9 Å². The molecule has 0 aliphatic carbocycles. The van der Waals surface area contributed by atoms with E-state index < -0.39 is 0 Å². The van der Waals surface area contributed by atoms with Crippen LogP contribution in [0.15, 0.2) is 28.9 Å². The van der Waals surface area contributed by atoms with Crippen LogP contribution < -0.4 is 10.6 Å². The maximum absolute atomic E-state index is 6.32. The molecule has 0 amide bonds. The number of hydrogen-bond acceptors (Lipinski definition) is 4. The molecule has 0 spiro atoms. The van der Waals surface area contributed by atoms with E-state index in [1.165, 1.54) is 12.8 Å². The van der Waals surface area contributed by atoms with Crippen molar-refractivity contribution in [3.8, 4) is 11.1 Å². The largest absolute Gasteiger partial charge is 0.371 e. The summed E-state index contributed by atoms with van der Waals surface area (Å²) in [5, 5.41) is 4.41. The van der Waals surface area contributed by atoms with Crippen molar-refractivity contribution in [1.29, 1.82) is 0 Å². The van der Waals surface area contributed by atoms with E-state index in [1.54, 1.807) is 6.20 Å². The van der Waals surface area contributed by atoms with Gasteiger partial charge in [0, 0.05) is 24.3 Å². The molecule has 0 saturated carbocycles. The predicted molar refractivity (Wildman–Crippen MR) is 72.8 cm³/mol. The van der Waals surface area contributed by atoms with Gasteiger partial charge >= 0.3 is 0 Å². The van der Waals surface area contributed by atoms with Gasteiger partial charge in [0.25, 0.3) is 0 Å². The summed E-state index contributed by atoms with van der Waals surface area (Å²) in [5.74, 6) is 0.309. The zero-order chi connectivity index (χ0) is 12.5. The molecule has 2 heterocycles. The third kappa shape index (κ3) is 1.82. The molecule has 0 unspecified atom stereocenters. The molecule has 0 radical (unpaired) electrons. The summed E-state index contributed by atoms with van der Waals surface area (Å²) in [6.07, 6.45) is 4.05. The molecule has 1 fully saturated rings. The molecule has 0 bridgehead atoms. The van der Waals surface area contributed by atoms with Gasteiger partial charge in [0.2, 0.25) is 5.88 Å². The van der Waals surface area contributed by atoms with Crippen molar-refractivity contribution in [3.63, 3.8) is 0 Å². The van der Waals surface area contributed by atoms with E-state index >= 15 is 0 Å².